The number of rotatable bonds is 9. The molecule has 3 aliphatic rings. The molecule has 0 aromatic carbocycles. The molecule has 3 heteroatoms. The summed E-state index contributed by atoms with van der Waals surface area (Å²) in [5, 5.41) is 0. The van der Waals surface area contributed by atoms with Gasteiger partial charge in [0.15, 0.2) is 0 Å². The van der Waals surface area contributed by atoms with Crippen LogP contribution in [0.2, 0.25) is 0 Å². The highest BCUT2D eigenvalue weighted by molar-refractivity contribution is 7.11. The second-order valence-electron chi connectivity index (χ2n) is 11.4. The Hall–Kier alpha value is -0.510. The Labute approximate surface area is 207 Å². The van der Waals surface area contributed by atoms with Gasteiger partial charge in [-0.3, -0.25) is 0 Å². The zero-order chi connectivity index (χ0) is 23.0. The molecule has 33 heavy (non-hydrogen) atoms. The number of ether oxygens (including phenoxy) is 2. The SMILES string of the molecule is CCCCCOC1CCC(c2cc(C3CCC(C)CC3)[s+]c(C3CCC(OC)CC3)c2)CC1. The van der Waals surface area contributed by atoms with E-state index in [4.69, 9.17) is 9.47 Å². The van der Waals surface area contributed by atoms with Gasteiger partial charge in [0.25, 0.3) is 0 Å². The molecule has 186 valence electrons. The maximum atomic E-state index is 6.23. The molecule has 4 rings (SSSR count). The van der Waals surface area contributed by atoms with Crippen LogP contribution in [0.4, 0.5) is 0 Å². The molecule has 0 bridgehead atoms. The number of methoxy groups -OCH3 is 1. The highest BCUT2D eigenvalue weighted by Crippen LogP contribution is 2.45. The Kier molecular flexibility index (Phi) is 10.1. The van der Waals surface area contributed by atoms with Crippen LogP contribution in [-0.4, -0.2) is 25.9 Å². The fourth-order valence-electron chi connectivity index (χ4n) is 6.50. The molecular weight excluding hydrogens is 424 g/mol. The summed E-state index contributed by atoms with van der Waals surface area (Å²) in [4.78, 5) is 3.40. The Balaban J connectivity index is 1.44. The largest absolute Gasteiger partial charge is 0.381 e. The van der Waals surface area contributed by atoms with Crippen LogP contribution in [0.3, 0.4) is 0 Å². The number of hydrogen-bond acceptors (Lipinski definition) is 2. The van der Waals surface area contributed by atoms with Gasteiger partial charge < -0.3 is 9.47 Å². The summed E-state index contributed by atoms with van der Waals surface area (Å²) in [6.07, 6.45) is 20.6. The van der Waals surface area contributed by atoms with E-state index in [1.54, 1.807) is 15.3 Å². The van der Waals surface area contributed by atoms with E-state index in [2.05, 4.69) is 37.3 Å². The van der Waals surface area contributed by atoms with Gasteiger partial charge >= 0.3 is 0 Å². The summed E-state index contributed by atoms with van der Waals surface area (Å²) < 4.78 is 11.9. The lowest BCUT2D eigenvalue weighted by molar-refractivity contribution is 0.0227. The summed E-state index contributed by atoms with van der Waals surface area (Å²) in [5.74, 6) is 3.22. The van der Waals surface area contributed by atoms with Gasteiger partial charge in [0.05, 0.1) is 12.2 Å². The first-order chi connectivity index (χ1) is 16.2. The molecule has 0 unspecified atom stereocenters. The highest BCUT2D eigenvalue weighted by atomic mass is 32.1. The van der Waals surface area contributed by atoms with Crippen LogP contribution in [0.15, 0.2) is 12.1 Å². The molecular formula is C30H49O2S+. The molecule has 1 aromatic rings. The molecule has 1 aromatic heterocycles. The molecule has 1 heterocycles. The van der Waals surface area contributed by atoms with Crippen LogP contribution >= 0.6 is 11.3 Å². The first-order valence-corrected chi connectivity index (χ1v) is 15.1. The van der Waals surface area contributed by atoms with E-state index in [1.807, 2.05) is 7.11 Å². The van der Waals surface area contributed by atoms with E-state index in [-0.39, 0.29) is 0 Å². The normalized spacial score (nSPS) is 33.2. The Morgan fingerprint density at radius 1 is 0.727 bits per heavy atom. The van der Waals surface area contributed by atoms with E-state index >= 15 is 0 Å². The van der Waals surface area contributed by atoms with Crippen molar-refractivity contribution in [3.63, 3.8) is 0 Å². The summed E-state index contributed by atoms with van der Waals surface area (Å²) in [6, 6.07) is 5.30. The molecule has 0 aliphatic heterocycles. The summed E-state index contributed by atoms with van der Waals surface area (Å²) in [7, 11) is 1.89. The lowest BCUT2D eigenvalue weighted by Gasteiger charge is -2.30. The molecule has 0 radical (unpaired) electrons. The predicted octanol–water partition coefficient (Wildman–Crippen LogP) is 9.23. The minimum absolute atomic E-state index is 0.487. The monoisotopic (exact) mass is 473 g/mol. The minimum Gasteiger partial charge on any atom is -0.381 e. The molecule has 3 fully saturated rings. The third-order valence-electron chi connectivity index (χ3n) is 8.93. The van der Waals surface area contributed by atoms with Crippen LogP contribution in [0.25, 0.3) is 0 Å². The van der Waals surface area contributed by atoms with E-state index in [9.17, 15) is 0 Å². The van der Waals surface area contributed by atoms with Crippen LogP contribution in [0.5, 0.6) is 0 Å². The maximum Gasteiger partial charge on any atom is 0.219 e. The lowest BCUT2D eigenvalue weighted by Crippen LogP contribution is -2.22. The van der Waals surface area contributed by atoms with Gasteiger partial charge in [-0.1, -0.05) is 26.7 Å². The molecule has 0 spiro atoms. The van der Waals surface area contributed by atoms with Gasteiger partial charge in [-0.2, -0.15) is 0 Å². The first-order valence-electron chi connectivity index (χ1n) is 14.3. The Bertz CT molecular complexity index is 695. The van der Waals surface area contributed by atoms with E-state index in [1.165, 1.54) is 96.3 Å². The van der Waals surface area contributed by atoms with Gasteiger partial charge in [-0.05, 0) is 101 Å². The fourth-order valence-corrected chi connectivity index (χ4v) is 7.96. The van der Waals surface area contributed by atoms with Crippen molar-refractivity contribution in [2.45, 2.75) is 140 Å². The molecule has 3 aliphatic carbocycles. The van der Waals surface area contributed by atoms with Gasteiger partial charge in [0.2, 0.25) is 21.1 Å². The Morgan fingerprint density at radius 2 is 1.27 bits per heavy atom. The van der Waals surface area contributed by atoms with Crippen molar-refractivity contribution in [2.75, 3.05) is 13.7 Å². The van der Waals surface area contributed by atoms with Gasteiger partial charge in [-0.25, -0.2) is 0 Å². The summed E-state index contributed by atoms with van der Waals surface area (Å²) in [5.41, 5.74) is 1.66. The molecule has 0 atom stereocenters. The molecule has 3 saturated carbocycles. The number of hydrogen-bond donors (Lipinski definition) is 0. The Morgan fingerprint density at radius 3 is 1.85 bits per heavy atom. The zero-order valence-electron chi connectivity index (χ0n) is 21.7. The zero-order valence-corrected chi connectivity index (χ0v) is 22.5. The first kappa shape index (κ1) is 25.6. The van der Waals surface area contributed by atoms with E-state index < -0.39 is 0 Å². The van der Waals surface area contributed by atoms with Crippen molar-refractivity contribution >= 4 is 11.3 Å². The maximum absolute atomic E-state index is 6.23. The van der Waals surface area contributed by atoms with E-state index in [0.717, 1.165) is 30.3 Å². The summed E-state index contributed by atoms with van der Waals surface area (Å²) in [6.45, 7) is 5.68. The molecule has 2 nitrogen and oxygen atoms in total. The van der Waals surface area contributed by atoms with Crippen molar-refractivity contribution in [3.8, 4) is 0 Å². The highest BCUT2D eigenvalue weighted by Gasteiger charge is 2.34. The van der Waals surface area contributed by atoms with Crippen LogP contribution in [-0.2, 0) is 9.47 Å². The lowest BCUT2D eigenvalue weighted by atomic mass is 9.79. The van der Waals surface area contributed by atoms with Crippen molar-refractivity contribution in [3.05, 3.63) is 27.5 Å². The van der Waals surface area contributed by atoms with Crippen molar-refractivity contribution in [1.82, 2.24) is 0 Å². The fraction of sp³-hybridized carbons (Fsp3) is 0.833. The third-order valence-corrected chi connectivity index (χ3v) is 10.3. The second-order valence-corrected chi connectivity index (χ2v) is 12.6. The average Bonchev–Trinajstić information content (AvgIpc) is 2.87. The number of unbranched alkanes of at least 4 members (excludes halogenated alkanes) is 2. The topological polar surface area (TPSA) is 18.5 Å². The summed E-state index contributed by atoms with van der Waals surface area (Å²) >= 11 is 2.17. The van der Waals surface area contributed by atoms with Crippen molar-refractivity contribution in [2.24, 2.45) is 5.92 Å². The second kappa shape index (κ2) is 13.0. The average molecular weight is 474 g/mol. The smallest absolute Gasteiger partial charge is 0.219 e. The van der Waals surface area contributed by atoms with Crippen molar-refractivity contribution < 1.29 is 9.47 Å². The van der Waals surface area contributed by atoms with E-state index in [0.29, 0.717) is 12.2 Å². The van der Waals surface area contributed by atoms with Crippen LogP contribution < -0.4 is 0 Å². The standard InChI is InChI=1S/C30H49O2S/c1-4-5-6-19-32-28-17-11-23(12-18-28)26-20-29(24-9-7-22(2)8-10-24)33-30(21-26)25-13-15-27(31-3)16-14-25/h20-25,27-28H,4-19H2,1-3H3/q+1. The minimum atomic E-state index is 0.487. The van der Waals surface area contributed by atoms with Crippen LogP contribution in [0, 0.1) is 5.92 Å². The third kappa shape index (κ3) is 7.24. The molecule has 0 saturated heterocycles. The quantitative estimate of drug-likeness (QED) is 0.263. The van der Waals surface area contributed by atoms with Crippen LogP contribution in [0.1, 0.15) is 143 Å². The van der Waals surface area contributed by atoms with Gasteiger partial charge in [0, 0.05) is 37.7 Å². The van der Waals surface area contributed by atoms with Crippen molar-refractivity contribution in [1.29, 1.82) is 0 Å². The molecule has 0 N–H and O–H groups in total. The molecule has 0 amide bonds. The van der Waals surface area contributed by atoms with Gasteiger partial charge in [0.1, 0.15) is 0 Å². The van der Waals surface area contributed by atoms with Gasteiger partial charge in [-0.15, -0.1) is 0 Å². The predicted molar refractivity (Wildman–Crippen MR) is 142 cm³/mol.